The van der Waals surface area contributed by atoms with Crippen molar-refractivity contribution < 1.29 is 14.1 Å². The summed E-state index contributed by atoms with van der Waals surface area (Å²) in [5.41, 5.74) is 2.41. The topological polar surface area (TPSA) is 49.7 Å². The van der Waals surface area contributed by atoms with Crippen LogP contribution in [0.5, 0.6) is 0 Å². The molecule has 1 amide bonds. The van der Waals surface area contributed by atoms with Gasteiger partial charge in [-0.3, -0.25) is 9.78 Å². The fourth-order valence-corrected chi connectivity index (χ4v) is 4.06. The highest BCUT2D eigenvalue weighted by Crippen LogP contribution is 2.18. The number of anilines is 1. The molecule has 0 spiro atoms. The summed E-state index contributed by atoms with van der Waals surface area (Å²) in [4.78, 5) is 20.3. The largest absolute Gasteiger partial charge is 0.358 e. The first kappa shape index (κ1) is 20.0. The molecule has 5 nitrogen and oxygen atoms in total. The van der Waals surface area contributed by atoms with Crippen LogP contribution in [0.25, 0.3) is 0 Å². The maximum Gasteiger partial charge on any atom is 0.251 e. The van der Waals surface area contributed by atoms with Gasteiger partial charge in [-0.2, -0.15) is 0 Å². The van der Waals surface area contributed by atoms with Crippen LogP contribution in [0.1, 0.15) is 22.0 Å². The molecule has 1 unspecified atom stereocenters. The fourth-order valence-electron chi connectivity index (χ4n) is 4.06. The van der Waals surface area contributed by atoms with E-state index in [1.807, 2.05) is 54.7 Å². The zero-order valence-corrected chi connectivity index (χ0v) is 16.8. The number of piperazine rings is 1. The summed E-state index contributed by atoms with van der Waals surface area (Å²) in [5, 5.41) is 3.09. The molecule has 30 heavy (non-hydrogen) atoms. The number of nitrogens with zero attached hydrogens (tertiary/aromatic N) is 2. The van der Waals surface area contributed by atoms with Gasteiger partial charge in [0.05, 0.1) is 38.4 Å². The Morgan fingerprint density at radius 2 is 1.77 bits per heavy atom. The van der Waals surface area contributed by atoms with E-state index in [1.165, 1.54) is 11.0 Å². The molecule has 0 radical (unpaired) electrons. The molecule has 6 heteroatoms. The summed E-state index contributed by atoms with van der Waals surface area (Å²) < 4.78 is 14.2. The summed E-state index contributed by atoms with van der Waals surface area (Å²) >= 11 is 0. The number of hydrogen-bond donors (Lipinski definition) is 2. The molecule has 2 aromatic carbocycles. The van der Waals surface area contributed by atoms with Crippen LogP contribution in [0, 0.1) is 5.82 Å². The molecule has 1 saturated heterocycles. The van der Waals surface area contributed by atoms with Crippen LogP contribution in [0.4, 0.5) is 10.1 Å². The summed E-state index contributed by atoms with van der Waals surface area (Å²) in [6.07, 6.45) is 3.63. The first-order chi connectivity index (χ1) is 14.7. The Morgan fingerprint density at radius 1 is 1.03 bits per heavy atom. The molecular formula is C24H26FN4O+. The molecule has 4 rings (SSSR count). The molecule has 1 aromatic heterocycles. The maximum atomic E-state index is 14.2. The molecular weight excluding hydrogens is 379 g/mol. The van der Waals surface area contributed by atoms with E-state index in [4.69, 9.17) is 0 Å². The molecule has 3 aromatic rings. The van der Waals surface area contributed by atoms with Crippen LogP contribution < -0.4 is 15.1 Å². The molecule has 1 atom stereocenters. The van der Waals surface area contributed by atoms with Gasteiger partial charge in [-0.25, -0.2) is 4.39 Å². The Labute approximate surface area is 176 Å². The average Bonchev–Trinajstić information content (AvgIpc) is 2.81. The van der Waals surface area contributed by atoms with E-state index in [0.29, 0.717) is 17.8 Å². The van der Waals surface area contributed by atoms with Crippen LogP contribution in [-0.2, 0) is 0 Å². The van der Waals surface area contributed by atoms with Crippen molar-refractivity contribution in [3.05, 3.63) is 96.1 Å². The van der Waals surface area contributed by atoms with Crippen molar-refractivity contribution in [2.75, 3.05) is 37.6 Å². The highest BCUT2D eigenvalue weighted by atomic mass is 19.1. The van der Waals surface area contributed by atoms with E-state index < -0.39 is 0 Å². The third-order valence-electron chi connectivity index (χ3n) is 5.68. The van der Waals surface area contributed by atoms with Crippen molar-refractivity contribution in [1.29, 1.82) is 0 Å². The molecule has 2 heterocycles. The number of carbonyl (C=O) groups is 1. The lowest BCUT2D eigenvalue weighted by Crippen LogP contribution is -3.15. The SMILES string of the molecule is O=C(NCC(c1cccnc1)[NH+]1CCN(c2ccccc2F)CC1)c1ccccc1. The average molecular weight is 405 g/mol. The zero-order valence-electron chi connectivity index (χ0n) is 16.8. The van der Waals surface area contributed by atoms with Crippen LogP contribution in [0.3, 0.4) is 0 Å². The lowest BCUT2D eigenvalue weighted by atomic mass is 10.1. The van der Waals surface area contributed by atoms with Gasteiger partial charge in [0, 0.05) is 23.5 Å². The minimum absolute atomic E-state index is 0.0751. The highest BCUT2D eigenvalue weighted by Gasteiger charge is 2.30. The molecule has 1 aliphatic heterocycles. The zero-order chi connectivity index (χ0) is 20.8. The van der Waals surface area contributed by atoms with Crippen molar-refractivity contribution in [3.8, 4) is 0 Å². The fraction of sp³-hybridized carbons (Fsp3) is 0.250. The Hall–Kier alpha value is -3.25. The smallest absolute Gasteiger partial charge is 0.251 e. The first-order valence-electron chi connectivity index (χ1n) is 10.3. The number of quaternary nitrogens is 1. The van der Waals surface area contributed by atoms with Gasteiger partial charge >= 0.3 is 0 Å². The number of carbonyl (C=O) groups excluding carboxylic acids is 1. The number of nitrogens with one attached hydrogen (secondary N) is 2. The second-order valence-corrected chi connectivity index (χ2v) is 7.51. The van der Waals surface area contributed by atoms with Crippen LogP contribution in [0.15, 0.2) is 79.1 Å². The minimum atomic E-state index is -0.181. The van der Waals surface area contributed by atoms with E-state index in [9.17, 15) is 9.18 Å². The maximum absolute atomic E-state index is 14.2. The second-order valence-electron chi connectivity index (χ2n) is 7.51. The number of amides is 1. The number of halogens is 1. The van der Waals surface area contributed by atoms with Gasteiger partial charge in [-0.1, -0.05) is 30.3 Å². The van der Waals surface area contributed by atoms with E-state index in [-0.39, 0.29) is 17.8 Å². The number of pyridine rings is 1. The number of aromatic nitrogens is 1. The Kier molecular flexibility index (Phi) is 6.35. The summed E-state index contributed by atoms with van der Waals surface area (Å²) in [6, 6.07) is 20.3. The molecule has 2 N–H and O–H groups in total. The predicted octanol–water partition coefficient (Wildman–Crippen LogP) is 2.10. The Balaban J connectivity index is 1.45. The molecule has 1 fully saturated rings. The van der Waals surface area contributed by atoms with Crippen molar-refractivity contribution in [3.63, 3.8) is 0 Å². The molecule has 154 valence electrons. The van der Waals surface area contributed by atoms with E-state index in [1.54, 1.807) is 12.3 Å². The van der Waals surface area contributed by atoms with Gasteiger partial charge < -0.3 is 15.1 Å². The lowest BCUT2D eigenvalue weighted by Gasteiger charge is -2.37. The van der Waals surface area contributed by atoms with E-state index >= 15 is 0 Å². The lowest BCUT2D eigenvalue weighted by molar-refractivity contribution is -0.931. The summed E-state index contributed by atoms with van der Waals surface area (Å²) in [7, 11) is 0. The van der Waals surface area contributed by atoms with Crippen molar-refractivity contribution >= 4 is 11.6 Å². The van der Waals surface area contributed by atoms with Crippen LogP contribution >= 0.6 is 0 Å². The normalized spacial score (nSPS) is 15.6. The monoisotopic (exact) mass is 405 g/mol. The number of rotatable bonds is 6. The van der Waals surface area contributed by atoms with Gasteiger partial charge in [0.1, 0.15) is 11.9 Å². The second kappa shape index (κ2) is 9.50. The Morgan fingerprint density at radius 3 is 2.47 bits per heavy atom. The van der Waals surface area contributed by atoms with Gasteiger partial charge in [0.25, 0.3) is 5.91 Å². The van der Waals surface area contributed by atoms with Gasteiger partial charge in [0.15, 0.2) is 0 Å². The first-order valence-corrected chi connectivity index (χ1v) is 10.3. The standard InChI is InChI=1S/C24H25FN4O/c25-21-10-4-5-11-22(21)28-13-15-29(16-14-28)23(20-9-6-12-26-17-20)18-27-24(30)19-7-2-1-3-8-19/h1-12,17,23H,13-16,18H2,(H,27,30)/p+1. The van der Waals surface area contributed by atoms with Crippen LogP contribution in [-0.4, -0.2) is 43.6 Å². The Bertz CT molecular complexity index is 959. The van der Waals surface area contributed by atoms with E-state index in [2.05, 4.69) is 21.3 Å². The van der Waals surface area contributed by atoms with Crippen molar-refractivity contribution in [1.82, 2.24) is 10.3 Å². The molecule has 1 aliphatic rings. The van der Waals surface area contributed by atoms with E-state index in [0.717, 1.165) is 31.7 Å². The summed E-state index contributed by atoms with van der Waals surface area (Å²) in [5.74, 6) is -0.256. The molecule has 0 bridgehead atoms. The third kappa shape index (κ3) is 4.66. The third-order valence-corrected chi connectivity index (χ3v) is 5.68. The van der Waals surface area contributed by atoms with Gasteiger partial charge in [-0.15, -0.1) is 0 Å². The van der Waals surface area contributed by atoms with Gasteiger partial charge in [-0.05, 0) is 36.4 Å². The molecule has 0 saturated carbocycles. The number of benzene rings is 2. The predicted molar refractivity (Wildman–Crippen MR) is 115 cm³/mol. The summed E-state index contributed by atoms with van der Waals surface area (Å²) in [6.45, 7) is 3.76. The number of hydrogen-bond acceptors (Lipinski definition) is 3. The van der Waals surface area contributed by atoms with Crippen molar-refractivity contribution in [2.24, 2.45) is 0 Å². The van der Waals surface area contributed by atoms with Crippen LogP contribution in [0.2, 0.25) is 0 Å². The molecule has 0 aliphatic carbocycles. The minimum Gasteiger partial charge on any atom is -0.358 e. The van der Waals surface area contributed by atoms with Gasteiger partial charge in [0.2, 0.25) is 0 Å². The van der Waals surface area contributed by atoms with Crippen molar-refractivity contribution in [2.45, 2.75) is 6.04 Å². The highest BCUT2D eigenvalue weighted by molar-refractivity contribution is 5.94. The quantitative estimate of drug-likeness (QED) is 0.660. The number of para-hydroxylation sites is 1.